The van der Waals surface area contributed by atoms with E-state index in [1.54, 1.807) is 19.2 Å². The number of rotatable bonds is 6. The van der Waals surface area contributed by atoms with E-state index in [1.807, 2.05) is 44.2 Å². The molecule has 3 heterocycles. The fourth-order valence-electron chi connectivity index (χ4n) is 4.46. The molecule has 5 rings (SSSR count). The number of fused-ring (bicyclic) bond motifs is 2. The summed E-state index contributed by atoms with van der Waals surface area (Å²) in [5.74, 6) is -0.684. The van der Waals surface area contributed by atoms with Crippen LogP contribution in [0.15, 0.2) is 47.1 Å². The van der Waals surface area contributed by atoms with E-state index in [0.717, 1.165) is 33.2 Å². The molecule has 0 aliphatic rings. The van der Waals surface area contributed by atoms with Gasteiger partial charge in [0.15, 0.2) is 0 Å². The van der Waals surface area contributed by atoms with Crippen LogP contribution in [0.25, 0.3) is 44.2 Å². The molecule has 8 nitrogen and oxygen atoms in total. The Morgan fingerprint density at radius 1 is 1.08 bits per heavy atom. The SMILES string of the molecule is Cc1ccc2ncccc2c1-c1cc(-c2c(C)noc2C)cc2[nH]c(NS(=O)(=O)CCC(F)(F)F)nc12. The number of hydrogen-bond acceptors (Lipinski definition) is 6. The summed E-state index contributed by atoms with van der Waals surface area (Å²) >= 11 is 0. The van der Waals surface area contributed by atoms with E-state index in [1.165, 1.54) is 0 Å². The van der Waals surface area contributed by atoms with Crippen molar-refractivity contribution >= 4 is 37.9 Å². The maximum atomic E-state index is 12.6. The van der Waals surface area contributed by atoms with Gasteiger partial charge in [-0.3, -0.25) is 9.71 Å². The second kappa shape index (κ2) is 8.87. The Hall–Kier alpha value is -3.93. The zero-order valence-corrected chi connectivity index (χ0v) is 20.9. The van der Waals surface area contributed by atoms with Gasteiger partial charge in [0.05, 0.1) is 34.4 Å². The number of nitrogens with one attached hydrogen (secondary N) is 2. The van der Waals surface area contributed by atoms with Gasteiger partial charge in [-0.05, 0) is 61.7 Å². The van der Waals surface area contributed by atoms with Crippen LogP contribution in [0.2, 0.25) is 0 Å². The maximum Gasteiger partial charge on any atom is 0.390 e. The van der Waals surface area contributed by atoms with Crippen LogP contribution in [-0.4, -0.2) is 40.5 Å². The van der Waals surface area contributed by atoms with Crippen molar-refractivity contribution in [3.63, 3.8) is 0 Å². The second-order valence-electron chi connectivity index (χ2n) is 8.82. The third-order valence-corrected chi connectivity index (χ3v) is 7.32. The molecule has 0 fully saturated rings. The molecule has 0 saturated carbocycles. The zero-order chi connectivity index (χ0) is 26.5. The van der Waals surface area contributed by atoms with E-state index in [9.17, 15) is 21.6 Å². The molecular formula is C25H22F3N5O3S. The minimum absolute atomic E-state index is 0.176. The molecule has 0 spiro atoms. The van der Waals surface area contributed by atoms with E-state index in [2.05, 4.69) is 24.8 Å². The van der Waals surface area contributed by atoms with Crippen molar-refractivity contribution in [1.29, 1.82) is 0 Å². The largest absolute Gasteiger partial charge is 0.390 e. The van der Waals surface area contributed by atoms with E-state index in [4.69, 9.17) is 4.52 Å². The molecule has 2 aromatic carbocycles. The van der Waals surface area contributed by atoms with Gasteiger partial charge in [-0.2, -0.15) is 13.2 Å². The summed E-state index contributed by atoms with van der Waals surface area (Å²) in [5, 5.41) is 4.91. The Bertz CT molecular complexity index is 1740. The highest BCUT2D eigenvalue weighted by Crippen LogP contribution is 2.40. The standard InChI is InChI=1S/C25H22F3N5O3S/c1-13-6-7-19-17(5-4-9-29-19)21(13)18-11-16(22-14(2)32-36-15(22)3)12-20-23(18)31-24(30-20)33-37(34,35)10-8-25(26,27)28/h4-7,9,11-12H,8,10H2,1-3H3,(H2,30,31,33). The highest BCUT2D eigenvalue weighted by Gasteiger charge is 2.30. The van der Waals surface area contributed by atoms with Gasteiger partial charge in [-0.1, -0.05) is 17.3 Å². The van der Waals surface area contributed by atoms with Crippen LogP contribution >= 0.6 is 0 Å². The van der Waals surface area contributed by atoms with Gasteiger partial charge in [-0.25, -0.2) is 13.4 Å². The Morgan fingerprint density at radius 3 is 2.57 bits per heavy atom. The Balaban J connectivity index is 1.72. The van der Waals surface area contributed by atoms with Gasteiger partial charge in [0.25, 0.3) is 0 Å². The molecule has 0 atom stereocenters. The van der Waals surface area contributed by atoms with Crippen LogP contribution < -0.4 is 4.72 Å². The van der Waals surface area contributed by atoms with Gasteiger partial charge in [0.2, 0.25) is 16.0 Å². The lowest BCUT2D eigenvalue weighted by Gasteiger charge is -2.13. The molecule has 2 N–H and O–H groups in total. The van der Waals surface area contributed by atoms with Crippen LogP contribution in [-0.2, 0) is 10.0 Å². The van der Waals surface area contributed by atoms with Crippen molar-refractivity contribution in [1.82, 2.24) is 20.1 Å². The topological polar surface area (TPSA) is 114 Å². The first-order valence-corrected chi connectivity index (χ1v) is 13.0. The van der Waals surface area contributed by atoms with Crippen molar-refractivity contribution in [2.24, 2.45) is 0 Å². The average Bonchev–Trinajstić information content (AvgIpc) is 3.38. The third kappa shape index (κ3) is 4.88. The molecular weight excluding hydrogens is 507 g/mol. The molecule has 12 heteroatoms. The maximum absolute atomic E-state index is 12.6. The Morgan fingerprint density at radius 2 is 1.86 bits per heavy atom. The van der Waals surface area contributed by atoms with Gasteiger partial charge in [0, 0.05) is 22.7 Å². The van der Waals surface area contributed by atoms with Gasteiger partial charge in [-0.15, -0.1) is 0 Å². The van der Waals surface area contributed by atoms with Crippen molar-refractivity contribution < 1.29 is 26.1 Å². The van der Waals surface area contributed by atoms with Crippen LogP contribution in [0.3, 0.4) is 0 Å². The predicted octanol–water partition coefficient (Wildman–Crippen LogP) is 6.05. The number of H-pyrrole nitrogens is 1. The van der Waals surface area contributed by atoms with Gasteiger partial charge >= 0.3 is 6.18 Å². The van der Waals surface area contributed by atoms with Gasteiger partial charge in [0.1, 0.15) is 5.76 Å². The molecule has 3 aromatic heterocycles. The molecule has 37 heavy (non-hydrogen) atoms. The first-order chi connectivity index (χ1) is 17.4. The Kier molecular flexibility index (Phi) is 5.94. The van der Waals surface area contributed by atoms with E-state index >= 15 is 0 Å². The van der Waals surface area contributed by atoms with Crippen LogP contribution in [0, 0.1) is 20.8 Å². The highest BCUT2D eigenvalue weighted by molar-refractivity contribution is 7.92. The number of imidazole rings is 1. The Labute approximate surface area is 210 Å². The molecule has 0 unspecified atom stereocenters. The van der Waals surface area contributed by atoms with Crippen molar-refractivity contribution in [2.45, 2.75) is 33.4 Å². The summed E-state index contributed by atoms with van der Waals surface area (Å²) in [6, 6.07) is 11.3. The minimum atomic E-state index is -4.60. The number of pyridine rings is 1. The number of halogens is 3. The van der Waals surface area contributed by atoms with Crippen molar-refractivity contribution in [2.75, 3.05) is 10.5 Å². The predicted molar refractivity (Wildman–Crippen MR) is 135 cm³/mol. The van der Waals surface area contributed by atoms with Gasteiger partial charge < -0.3 is 9.51 Å². The van der Waals surface area contributed by atoms with E-state index in [-0.39, 0.29) is 5.95 Å². The van der Waals surface area contributed by atoms with E-state index in [0.29, 0.717) is 28.1 Å². The molecule has 0 radical (unpaired) electrons. The smallest absolute Gasteiger partial charge is 0.361 e. The number of hydrogen-bond donors (Lipinski definition) is 2. The fourth-order valence-corrected chi connectivity index (χ4v) is 5.46. The fraction of sp³-hybridized carbons (Fsp3) is 0.240. The molecule has 5 aromatic rings. The lowest BCUT2D eigenvalue weighted by molar-refractivity contribution is -0.129. The number of aromatic nitrogens is 4. The first kappa shape index (κ1) is 24.8. The zero-order valence-electron chi connectivity index (χ0n) is 20.1. The van der Waals surface area contributed by atoms with Crippen molar-refractivity contribution in [3.8, 4) is 22.3 Å². The normalized spacial score (nSPS) is 12.5. The lowest BCUT2D eigenvalue weighted by atomic mass is 9.92. The second-order valence-corrected chi connectivity index (χ2v) is 10.7. The molecule has 0 aliphatic carbocycles. The number of anilines is 1. The summed E-state index contributed by atoms with van der Waals surface area (Å²) in [5.41, 5.74) is 6.39. The number of aryl methyl sites for hydroxylation is 3. The van der Waals surface area contributed by atoms with Crippen LogP contribution in [0.1, 0.15) is 23.4 Å². The van der Waals surface area contributed by atoms with Crippen molar-refractivity contribution in [3.05, 3.63) is 59.6 Å². The molecule has 0 bridgehead atoms. The quantitative estimate of drug-likeness (QED) is 0.277. The summed E-state index contributed by atoms with van der Waals surface area (Å²) in [4.78, 5) is 11.8. The molecule has 0 amide bonds. The monoisotopic (exact) mass is 529 g/mol. The number of aromatic amines is 1. The summed E-state index contributed by atoms with van der Waals surface area (Å²) in [7, 11) is -4.30. The minimum Gasteiger partial charge on any atom is -0.361 e. The summed E-state index contributed by atoms with van der Waals surface area (Å²) < 4.78 is 70.0. The van der Waals surface area contributed by atoms with E-state index < -0.39 is 28.4 Å². The highest BCUT2D eigenvalue weighted by atomic mass is 32.2. The molecule has 0 saturated heterocycles. The number of alkyl halides is 3. The third-order valence-electron chi connectivity index (χ3n) is 6.08. The summed E-state index contributed by atoms with van der Waals surface area (Å²) in [6.45, 7) is 5.55. The number of benzene rings is 2. The summed E-state index contributed by atoms with van der Waals surface area (Å²) in [6.07, 6.45) is -4.37. The molecule has 0 aliphatic heterocycles. The first-order valence-electron chi connectivity index (χ1n) is 11.3. The number of sulfonamides is 1. The molecule has 192 valence electrons. The van der Waals surface area contributed by atoms with Crippen LogP contribution in [0.5, 0.6) is 0 Å². The van der Waals surface area contributed by atoms with Crippen LogP contribution in [0.4, 0.5) is 19.1 Å². The average molecular weight is 530 g/mol. The number of nitrogens with zero attached hydrogens (tertiary/aromatic N) is 3. The lowest BCUT2D eigenvalue weighted by Crippen LogP contribution is -2.22.